The lowest BCUT2D eigenvalue weighted by Crippen LogP contribution is -2.44. The molecule has 10 heteroatoms. The summed E-state index contributed by atoms with van der Waals surface area (Å²) < 4.78 is 5.04. The van der Waals surface area contributed by atoms with E-state index in [9.17, 15) is 24.0 Å². The lowest BCUT2D eigenvalue weighted by molar-refractivity contribution is -0.157. The van der Waals surface area contributed by atoms with Crippen molar-refractivity contribution in [3.8, 4) is 0 Å². The molecule has 0 radical (unpaired) electrons. The highest BCUT2D eigenvalue weighted by Gasteiger charge is 2.52. The fourth-order valence-electron chi connectivity index (χ4n) is 3.61. The van der Waals surface area contributed by atoms with Crippen LogP contribution in [0.5, 0.6) is 0 Å². The SMILES string of the molecule is C[C@H](OC(=O)CCN1C(=O)NC2(CCCC2)C1=O)C(=O)N1CCNC1=O. The second-order valence-corrected chi connectivity index (χ2v) is 6.78. The average molecular weight is 366 g/mol. The summed E-state index contributed by atoms with van der Waals surface area (Å²) in [6.07, 6.45) is 1.66. The molecule has 2 aliphatic heterocycles. The molecule has 3 aliphatic rings. The Balaban J connectivity index is 1.49. The molecule has 142 valence electrons. The highest BCUT2D eigenvalue weighted by Crippen LogP contribution is 2.35. The van der Waals surface area contributed by atoms with Crippen LogP contribution in [0.1, 0.15) is 39.0 Å². The standard InChI is InChI=1S/C16H22N4O6/c1-10(12(22)19-9-7-17-14(19)24)26-11(21)4-8-20-13(23)16(18-15(20)25)5-2-3-6-16/h10H,2-9H2,1H3,(H,17,24)(H,18,25)/t10-/m0/s1. The smallest absolute Gasteiger partial charge is 0.325 e. The summed E-state index contributed by atoms with van der Waals surface area (Å²) in [5.74, 6) is -1.61. The van der Waals surface area contributed by atoms with Crippen LogP contribution in [0, 0.1) is 0 Å². The Bertz CT molecular complexity index is 657. The van der Waals surface area contributed by atoms with E-state index >= 15 is 0 Å². The first-order valence-corrected chi connectivity index (χ1v) is 8.77. The van der Waals surface area contributed by atoms with E-state index in [0.29, 0.717) is 19.4 Å². The number of carbonyl (C=O) groups excluding carboxylic acids is 5. The van der Waals surface area contributed by atoms with Crippen LogP contribution in [0.4, 0.5) is 9.59 Å². The number of ether oxygens (including phenoxy) is 1. The normalized spacial score (nSPS) is 22.6. The molecule has 0 aromatic carbocycles. The van der Waals surface area contributed by atoms with E-state index in [4.69, 9.17) is 4.74 Å². The number of hydrogen-bond donors (Lipinski definition) is 2. The van der Waals surface area contributed by atoms with Gasteiger partial charge in [0.15, 0.2) is 6.10 Å². The highest BCUT2D eigenvalue weighted by atomic mass is 16.5. The van der Waals surface area contributed by atoms with Crippen molar-refractivity contribution in [1.29, 1.82) is 0 Å². The number of carbonyl (C=O) groups is 5. The Kier molecular flexibility index (Phi) is 4.84. The van der Waals surface area contributed by atoms with Gasteiger partial charge in [-0.15, -0.1) is 0 Å². The molecule has 1 aliphatic carbocycles. The number of nitrogens with one attached hydrogen (secondary N) is 2. The lowest BCUT2D eigenvalue weighted by Gasteiger charge is -2.20. The number of imide groups is 2. The van der Waals surface area contributed by atoms with E-state index in [1.54, 1.807) is 0 Å². The predicted octanol–water partition coefficient (Wildman–Crippen LogP) is -0.275. The fourth-order valence-corrected chi connectivity index (χ4v) is 3.61. The summed E-state index contributed by atoms with van der Waals surface area (Å²) in [6.45, 7) is 1.87. The van der Waals surface area contributed by atoms with Crippen LogP contribution >= 0.6 is 0 Å². The second kappa shape index (κ2) is 6.93. The molecule has 26 heavy (non-hydrogen) atoms. The largest absolute Gasteiger partial charge is 0.452 e. The van der Waals surface area contributed by atoms with Crippen molar-refractivity contribution < 1.29 is 28.7 Å². The monoisotopic (exact) mass is 366 g/mol. The van der Waals surface area contributed by atoms with Crippen LogP contribution in [-0.2, 0) is 19.1 Å². The first-order valence-electron chi connectivity index (χ1n) is 8.77. The third-order valence-corrected chi connectivity index (χ3v) is 5.02. The zero-order chi connectivity index (χ0) is 18.9. The fraction of sp³-hybridized carbons (Fsp3) is 0.688. The minimum Gasteiger partial charge on any atom is -0.452 e. The van der Waals surface area contributed by atoms with Gasteiger partial charge in [-0.25, -0.2) is 9.59 Å². The molecule has 0 aromatic heterocycles. The molecule has 2 N–H and O–H groups in total. The Morgan fingerprint density at radius 2 is 1.88 bits per heavy atom. The van der Waals surface area contributed by atoms with Crippen LogP contribution in [0.25, 0.3) is 0 Å². The molecule has 3 rings (SSSR count). The van der Waals surface area contributed by atoms with Crippen molar-refractivity contribution in [1.82, 2.24) is 20.4 Å². The maximum absolute atomic E-state index is 12.5. The van der Waals surface area contributed by atoms with Crippen LogP contribution in [0.2, 0.25) is 0 Å². The number of hydrogen-bond acceptors (Lipinski definition) is 6. The summed E-state index contributed by atoms with van der Waals surface area (Å²) in [5, 5.41) is 5.23. The van der Waals surface area contributed by atoms with E-state index < -0.39 is 35.6 Å². The molecule has 3 fully saturated rings. The second-order valence-electron chi connectivity index (χ2n) is 6.78. The van der Waals surface area contributed by atoms with Crippen LogP contribution in [0.3, 0.4) is 0 Å². The van der Waals surface area contributed by atoms with Crippen molar-refractivity contribution >= 4 is 29.8 Å². The summed E-state index contributed by atoms with van der Waals surface area (Å²) in [7, 11) is 0. The summed E-state index contributed by atoms with van der Waals surface area (Å²) in [5.41, 5.74) is -0.812. The molecule has 1 saturated carbocycles. The molecule has 10 nitrogen and oxygen atoms in total. The average Bonchev–Trinajstić information content (AvgIpc) is 3.28. The number of esters is 1. The predicted molar refractivity (Wildman–Crippen MR) is 86.7 cm³/mol. The van der Waals surface area contributed by atoms with E-state index in [-0.39, 0.29) is 25.4 Å². The summed E-state index contributed by atoms with van der Waals surface area (Å²) in [6, 6.07) is -1.01. The minimum absolute atomic E-state index is 0.101. The zero-order valence-corrected chi connectivity index (χ0v) is 14.6. The van der Waals surface area contributed by atoms with Gasteiger partial charge in [0.25, 0.3) is 11.8 Å². The Labute approximate surface area is 150 Å². The van der Waals surface area contributed by atoms with E-state index in [1.807, 2.05) is 0 Å². The Morgan fingerprint density at radius 1 is 1.19 bits per heavy atom. The maximum Gasteiger partial charge on any atom is 0.325 e. The number of rotatable bonds is 5. The molecular weight excluding hydrogens is 344 g/mol. The van der Waals surface area contributed by atoms with Gasteiger partial charge in [-0.1, -0.05) is 12.8 Å². The molecule has 2 saturated heterocycles. The van der Waals surface area contributed by atoms with Crippen LogP contribution in [0.15, 0.2) is 0 Å². The van der Waals surface area contributed by atoms with Crippen LogP contribution < -0.4 is 10.6 Å². The minimum atomic E-state index is -1.12. The van der Waals surface area contributed by atoms with Gasteiger partial charge in [-0.3, -0.25) is 24.2 Å². The molecule has 1 atom stereocenters. The molecule has 2 heterocycles. The van der Waals surface area contributed by atoms with Crippen molar-refractivity contribution in [3.05, 3.63) is 0 Å². The molecular formula is C16H22N4O6. The number of nitrogens with zero attached hydrogens (tertiary/aromatic N) is 2. The third-order valence-electron chi connectivity index (χ3n) is 5.02. The lowest BCUT2D eigenvalue weighted by atomic mass is 9.98. The summed E-state index contributed by atoms with van der Waals surface area (Å²) in [4.78, 5) is 62.1. The maximum atomic E-state index is 12.5. The molecule has 0 aromatic rings. The van der Waals surface area contributed by atoms with E-state index in [1.165, 1.54) is 6.92 Å². The Morgan fingerprint density at radius 3 is 2.50 bits per heavy atom. The van der Waals surface area contributed by atoms with Gasteiger partial charge in [-0.2, -0.15) is 0 Å². The number of urea groups is 2. The van der Waals surface area contributed by atoms with Gasteiger partial charge < -0.3 is 15.4 Å². The van der Waals surface area contributed by atoms with Gasteiger partial charge in [-0.05, 0) is 19.8 Å². The van der Waals surface area contributed by atoms with Crippen molar-refractivity contribution in [3.63, 3.8) is 0 Å². The topological polar surface area (TPSA) is 125 Å². The van der Waals surface area contributed by atoms with E-state index in [0.717, 1.165) is 22.6 Å². The van der Waals surface area contributed by atoms with Crippen molar-refractivity contribution in [2.24, 2.45) is 0 Å². The quantitative estimate of drug-likeness (QED) is 0.509. The van der Waals surface area contributed by atoms with Gasteiger partial charge >= 0.3 is 18.0 Å². The zero-order valence-electron chi connectivity index (χ0n) is 14.6. The number of amides is 6. The third kappa shape index (κ3) is 3.23. The first-order chi connectivity index (χ1) is 12.3. The van der Waals surface area contributed by atoms with Crippen molar-refractivity contribution in [2.45, 2.75) is 50.7 Å². The summed E-state index contributed by atoms with van der Waals surface area (Å²) >= 11 is 0. The van der Waals surface area contributed by atoms with Gasteiger partial charge in [0.1, 0.15) is 5.54 Å². The van der Waals surface area contributed by atoms with Gasteiger partial charge in [0, 0.05) is 19.6 Å². The first kappa shape index (κ1) is 18.2. The highest BCUT2D eigenvalue weighted by molar-refractivity contribution is 6.07. The Hall–Kier alpha value is -2.65. The molecule has 1 spiro atoms. The van der Waals surface area contributed by atoms with E-state index in [2.05, 4.69) is 10.6 Å². The van der Waals surface area contributed by atoms with Gasteiger partial charge in [0.2, 0.25) is 0 Å². The van der Waals surface area contributed by atoms with Gasteiger partial charge in [0.05, 0.1) is 6.42 Å². The van der Waals surface area contributed by atoms with Crippen molar-refractivity contribution in [2.75, 3.05) is 19.6 Å². The molecule has 0 unspecified atom stereocenters. The van der Waals surface area contributed by atoms with Crippen LogP contribution in [-0.4, -0.2) is 70.9 Å². The molecule has 6 amide bonds. The molecule has 0 bridgehead atoms.